The topological polar surface area (TPSA) is 88.9 Å². The lowest BCUT2D eigenvalue weighted by Gasteiger charge is -2.23. The van der Waals surface area contributed by atoms with Crippen molar-refractivity contribution in [2.45, 2.75) is 36.8 Å². The zero-order valence-corrected chi connectivity index (χ0v) is 16.2. The first kappa shape index (κ1) is 19.6. The van der Waals surface area contributed by atoms with Gasteiger partial charge in [-0.3, -0.25) is 4.79 Å². The van der Waals surface area contributed by atoms with Crippen molar-refractivity contribution in [1.29, 1.82) is 0 Å². The van der Waals surface area contributed by atoms with E-state index in [2.05, 4.69) is 4.72 Å². The molecule has 1 fully saturated rings. The molecule has 0 radical (unpaired) electrons. The van der Waals surface area contributed by atoms with Crippen LogP contribution in [0.25, 0.3) is 0 Å². The summed E-state index contributed by atoms with van der Waals surface area (Å²) in [6.45, 7) is 2.74. The Morgan fingerprint density at radius 1 is 1.33 bits per heavy atom. The Hall–Kier alpha value is -2.16. The molecule has 2 atom stereocenters. The summed E-state index contributed by atoms with van der Waals surface area (Å²) >= 11 is 0. The Morgan fingerprint density at radius 2 is 2.15 bits per heavy atom. The summed E-state index contributed by atoms with van der Waals surface area (Å²) in [5.41, 5.74) is 0.302. The van der Waals surface area contributed by atoms with Crippen LogP contribution in [0.1, 0.15) is 41.9 Å². The van der Waals surface area contributed by atoms with Crippen LogP contribution in [-0.4, -0.2) is 45.5 Å². The van der Waals surface area contributed by atoms with E-state index in [0.717, 1.165) is 12.8 Å². The maximum atomic E-state index is 12.8. The summed E-state index contributed by atoms with van der Waals surface area (Å²) in [4.78, 5) is 14.4. The smallest absolute Gasteiger partial charge is 0.254 e. The quantitative estimate of drug-likeness (QED) is 0.782. The lowest BCUT2D eigenvalue weighted by molar-refractivity contribution is 0.0726. The number of carbonyl (C=O) groups is 1. The van der Waals surface area contributed by atoms with Crippen molar-refractivity contribution >= 4 is 15.9 Å². The molecule has 2 heterocycles. The Labute approximate surface area is 159 Å². The lowest BCUT2D eigenvalue weighted by atomic mass is 10.1. The van der Waals surface area contributed by atoms with Crippen molar-refractivity contribution < 1.29 is 22.4 Å². The van der Waals surface area contributed by atoms with Gasteiger partial charge in [0.05, 0.1) is 23.3 Å². The molecule has 1 N–H and O–H groups in total. The molecule has 146 valence electrons. The highest BCUT2D eigenvalue weighted by Gasteiger charge is 2.24. The second-order valence-electron chi connectivity index (χ2n) is 6.62. The molecular formula is C19H24N2O5S. The van der Waals surface area contributed by atoms with Gasteiger partial charge in [-0.1, -0.05) is 6.07 Å². The standard InChI is InChI=1S/C19H24N2O5S/c1-14(18-9-5-11-26-18)21(2)19(22)15-6-3-8-17(12-15)27(23,24)20-13-16-7-4-10-25-16/h3,5-6,8-9,11-12,14,16,20H,4,7,10,13H2,1-2H3. The highest BCUT2D eigenvalue weighted by molar-refractivity contribution is 7.89. The van der Waals surface area contributed by atoms with E-state index in [1.165, 1.54) is 17.0 Å². The molecular weight excluding hydrogens is 368 g/mol. The number of rotatable bonds is 7. The van der Waals surface area contributed by atoms with E-state index in [0.29, 0.717) is 17.9 Å². The minimum Gasteiger partial charge on any atom is -0.467 e. The van der Waals surface area contributed by atoms with Gasteiger partial charge in [0.25, 0.3) is 5.91 Å². The number of hydrogen-bond donors (Lipinski definition) is 1. The van der Waals surface area contributed by atoms with E-state index in [1.54, 1.807) is 37.6 Å². The third-order valence-corrected chi connectivity index (χ3v) is 6.19. The second kappa shape index (κ2) is 8.24. The number of sulfonamides is 1. The van der Waals surface area contributed by atoms with Gasteiger partial charge in [-0.2, -0.15) is 0 Å². The first-order chi connectivity index (χ1) is 12.9. The summed E-state index contributed by atoms with van der Waals surface area (Å²) in [6.07, 6.45) is 3.24. The maximum Gasteiger partial charge on any atom is 0.254 e. The van der Waals surface area contributed by atoms with Crippen molar-refractivity contribution in [3.05, 3.63) is 54.0 Å². The van der Waals surface area contributed by atoms with Gasteiger partial charge in [0.15, 0.2) is 0 Å². The molecule has 1 amide bonds. The van der Waals surface area contributed by atoms with Gasteiger partial charge in [-0.15, -0.1) is 0 Å². The Balaban J connectivity index is 1.73. The zero-order valence-electron chi connectivity index (χ0n) is 15.4. The van der Waals surface area contributed by atoms with Crippen LogP contribution < -0.4 is 4.72 Å². The Morgan fingerprint density at radius 3 is 2.81 bits per heavy atom. The van der Waals surface area contributed by atoms with Crippen LogP contribution in [0.3, 0.4) is 0 Å². The molecule has 7 nitrogen and oxygen atoms in total. The zero-order chi connectivity index (χ0) is 19.4. The fourth-order valence-electron chi connectivity index (χ4n) is 2.99. The van der Waals surface area contributed by atoms with Gasteiger partial charge in [0.1, 0.15) is 5.76 Å². The Kier molecular flexibility index (Phi) is 5.98. The first-order valence-corrected chi connectivity index (χ1v) is 10.4. The van der Waals surface area contributed by atoms with E-state index in [1.807, 2.05) is 6.92 Å². The minimum absolute atomic E-state index is 0.0606. The first-order valence-electron chi connectivity index (χ1n) is 8.90. The van der Waals surface area contributed by atoms with Gasteiger partial charge >= 0.3 is 0 Å². The molecule has 0 spiro atoms. The van der Waals surface area contributed by atoms with E-state index >= 15 is 0 Å². The number of carbonyl (C=O) groups excluding carboxylic acids is 1. The fourth-order valence-corrected chi connectivity index (χ4v) is 4.10. The highest BCUT2D eigenvalue weighted by atomic mass is 32.2. The number of nitrogens with one attached hydrogen (secondary N) is 1. The largest absolute Gasteiger partial charge is 0.467 e. The van der Waals surface area contributed by atoms with Crippen LogP contribution in [0, 0.1) is 0 Å². The van der Waals surface area contributed by atoms with Crippen LogP contribution in [0.2, 0.25) is 0 Å². The van der Waals surface area contributed by atoms with Gasteiger partial charge in [-0.25, -0.2) is 13.1 Å². The molecule has 1 aliphatic rings. The average molecular weight is 392 g/mol. The molecule has 2 aromatic rings. The molecule has 0 saturated carbocycles. The van der Waals surface area contributed by atoms with Gasteiger partial charge in [0.2, 0.25) is 10.0 Å². The molecule has 0 aliphatic carbocycles. The number of nitrogens with zero attached hydrogens (tertiary/aromatic N) is 1. The highest BCUT2D eigenvalue weighted by Crippen LogP contribution is 2.22. The third-order valence-electron chi connectivity index (χ3n) is 4.77. The normalized spacial score (nSPS) is 18.4. The number of furan rings is 1. The molecule has 27 heavy (non-hydrogen) atoms. The molecule has 2 unspecified atom stereocenters. The second-order valence-corrected chi connectivity index (χ2v) is 8.39. The van der Waals surface area contributed by atoms with Crippen molar-refractivity contribution in [3.8, 4) is 0 Å². The molecule has 8 heteroatoms. The number of benzene rings is 1. The van der Waals surface area contributed by atoms with Crippen molar-refractivity contribution in [2.24, 2.45) is 0 Å². The third kappa shape index (κ3) is 4.58. The SMILES string of the molecule is CC(c1ccco1)N(C)C(=O)c1cccc(S(=O)(=O)NCC2CCCO2)c1. The van der Waals surface area contributed by atoms with Crippen molar-refractivity contribution in [3.63, 3.8) is 0 Å². The van der Waals surface area contributed by atoms with Crippen LogP contribution >= 0.6 is 0 Å². The summed E-state index contributed by atoms with van der Waals surface area (Å²) in [5.74, 6) is 0.378. The van der Waals surface area contributed by atoms with E-state index in [4.69, 9.17) is 9.15 Å². The van der Waals surface area contributed by atoms with Gasteiger partial charge in [0, 0.05) is 25.8 Å². The molecule has 1 aromatic carbocycles. The summed E-state index contributed by atoms with van der Waals surface area (Å²) < 4.78 is 38.5. The van der Waals surface area contributed by atoms with E-state index < -0.39 is 10.0 Å². The number of ether oxygens (including phenoxy) is 1. The summed E-state index contributed by atoms with van der Waals surface area (Å²) in [6, 6.07) is 9.33. The Bertz CT molecular complexity index is 873. The summed E-state index contributed by atoms with van der Waals surface area (Å²) in [7, 11) is -2.05. The van der Waals surface area contributed by atoms with Crippen LogP contribution in [0.4, 0.5) is 0 Å². The maximum absolute atomic E-state index is 12.8. The van der Waals surface area contributed by atoms with Crippen molar-refractivity contribution in [2.75, 3.05) is 20.2 Å². The van der Waals surface area contributed by atoms with Gasteiger partial charge < -0.3 is 14.1 Å². The minimum atomic E-state index is -3.71. The van der Waals surface area contributed by atoms with E-state index in [9.17, 15) is 13.2 Å². The molecule has 3 rings (SSSR count). The molecule has 0 bridgehead atoms. The van der Waals surface area contributed by atoms with Crippen LogP contribution in [-0.2, 0) is 14.8 Å². The molecule has 1 saturated heterocycles. The number of hydrogen-bond acceptors (Lipinski definition) is 5. The monoisotopic (exact) mass is 392 g/mol. The molecule has 1 aromatic heterocycles. The van der Waals surface area contributed by atoms with E-state index in [-0.39, 0.29) is 29.5 Å². The fraction of sp³-hybridized carbons (Fsp3) is 0.421. The van der Waals surface area contributed by atoms with Crippen LogP contribution in [0.5, 0.6) is 0 Å². The average Bonchev–Trinajstić information content (AvgIpc) is 3.38. The predicted octanol–water partition coefficient (Wildman–Crippen LogP) is 2.57. The van der Waals surface area contributed by atoms with Crippen LogP contribution in [0.15, 0.2) is 52.0 Å². The predicted molar refractivity (Wildman–Crippen MR) is 99.8 cm³/mol. The van der Waals surface area contributed by atoms with Crippen molar-refractivity contribution in [1.82, 2.24) is 9.62 Å². The lowest BCUT2D eigenvalue weighted by Crippen LogP contribution is -2.32. The van der Waals surface area contributed by atoms with Gasteiger partial charge in [-0.05, 0) is 50.1 Å². The number of amides is 1. The molecule has 1 aliphatic heterocycles. The summed E-state index contributed by atoms with van der Waals surface area (Å²) in [5, 5.41) is 0.